The summed E-state index contributed by atoms with van der Waals surface area (Å²) in [5.41, 5.74) is 1.25. The minimum absolute atomic E-state index is 0.0818. The third-order valence-electron chi connectivity index (χ3n) is 3.94. The molecule has 0 radical (unpaired) electrons. The van der Waals surface area contributed by atoms with Crippen LogP contribution in [0.1, 0.15) is 6.42 Å². The zero-order chi connectivity index (χ0) is 18.0. The van der Waals surface area contributed by atoms with Crippen LogP contribution in [0.25, 0.3) is 0 Å². The summed E-state index contributed by atoms with van der Waals surface area (Å²) in [5, 5.41) is 3.37. The zero-order valence-electron chi connectivity index (χ0n) is 13.9. The van der Waals surface area contributed by atoms with Crippen molar-refractivity contribution in [2.24, 2.45) is 5.92 Å². The molecule has 1 fully saturated rings. The number of nitrogens with zero attached hydrogens (tertiary/aromatic N) is 4. The van der Waals surface area contributed by atoms with Crippen LogP contribution < -0.4 is 15.1 Å². The Kier molecular flexibility index (Phi) is 4.85. The first kappa shape index (κ1) is 17.2. The Labute approximate surface area is 150 Å². The summed E-state index contributed by atoms with van der Waals surface area (Å²) in [6, 6.07) is 6.99. The molecular weight excluding hydrogens is 342 g/mol. The smallest absolute Gasteiger partial charge is 0.229 e. The van der Waals surface area contributed by atoms with Crippen molar-refractivity contribution < 1.29 is 9.59 Å². The van der Waals surface area contributed by atoms with Crippen molar-refractivity contribution in [2.75, 3.05) is 35.8 Å². The maximum atomic E-state index is 12.4. The van der Waals surface area contributed by atoms with Crippen LogP contribution in [0.2, 0.25) is 5.02 Å². The molecule has 1 saturated heterocycles. The largest absolute Gasteiger partial charge is 0.347 e. The average molecular weight is 360 g/mol. The van der Waals surface area contributed by atoms with Crippen LogP contribution in [0.5, 0.6) is 0 Å². The fourth-order valence-electron chi connectivity index (χ4n) is 2.61. The third kappa shape index (κ3) is 3.88. The van der Waals surface area contributed by atoms with E-state index in [0.29, 0.717) is 23.2 Å². The van der Waals surface area contributed by atoms with E-state index in [1.165, 1.54) is 0 Å². The van der Waals surface area contributed by atoms with Gasteiger partial charge in [0.1, 0.15) is 0 Å². The van der Waals surface area contributed by atoms with Crippen molar-refractivity contribution in [1.29, 1.82) is 0 Å². The molecule has 0 saturated carbocycles. The average Bonchev–Trinajstić information content (AvgIpc) is 2.98. The van der Waals surface area contributed by atoms with Gasteiger partial charge in [0.05, 0.1) is 24.0 Å². The number of carbonyl (C=O) groups excluding carboxylic acids is 2. The predicted octanol–water partition coefficient (Wildman–Crippen LogP) is 2.19. The zero-order valence-corrected chi connectivity index (χ0v) is 14.7. The molecule has 7 nitrogen and oxygen atoms in total. The molecule has 1 aromatic carbocycles. The lowest BCUT2D eigenvalue weighted by molar-refractivity contribution is -0.122. The first-order valence-electron chi connectivity index (χ1n) is 7.80. The van der Waals surface area contributed by atoms with E-state index in [4.69, 9.17) is 11.6 Å². The molecular formula is C17H18ClN5O2. The fourth-order valence-corrected chi connectivity index (χ4v) is 2.74. The molecule has 2 aromatic rings. The fraction of sp³-hybridized carbons (Fsp3) is 0.294. The number of halogens is 1. The van der Waals surface area contributed by atoms with E-state index in [-0.39, 0.29) is 18.2 Å². The van der Waals surface area contributed by atoms with Gasteiger partial charge in [-0.2, -0.15) is 0 Å². The van der Waals surface area contributed by atoms with Crippen LogP contribution in [0.15, 0.2) is 36.7 Å². The van der Waals surface area contributed by atoms with Gasteiger partial charge in [-0.25, -0.2) is 9.97 Å². The molecule has 3 rings (SSSR count). The lowest BCUT2D eigenvalue weighted by Gasteiger charge is -2.16. The Hall–Kier alpha value is -2.67. The number of benzene rings is 1. The molecule has 0 aliphatic carbocycles. The monoisotopic (exact) mass is 359 g/mol. The maximum absolute atomic E-state index is 12.4. The molecule has 0 spiro atoms. The van der Waals surface area contributed by atoms with E-state index in [2.05, 4.69) is 15.3 Å². The molecule has 0 bridgehead atoms. The number of hydrogen-bond acceptors (Lipinski definition) is 5. The maximum Gasteiger partial charge on any atom is 0.229 e. The van der Waals surface area contributed by atoms with Gasteiger partial charge in [-0.15, -0.1) is 0 Å². The number of anilines is 3. The lowest BCUT2D eigenvalue weighted by atomic mass is 10.1. The minimum Gasteiger partial charge on any atom is -0.347 e. The Morgan fingerprint density at radius 2 is 1.88 bits per heavy atom. The van der Waals surface area contributed by atoms with Crippen molar-refractivity contribution >= 4 is 40.7 Å². The lowest BCUT2D eigenvalue weighted by Crippen LogP contribution is -2.28. The van der Waals surface area contributed by atoms with Gasteiger partial charge >= 0.3 is 0 Å². The van der Waals surface area contributed by atoms with Gasteiger partial charge in [-0.1, -0.05) is 11.6 Å². The number of aromatic nitrogens is 2. The highest BCUT2D eigenvalue weighted by Crippen LogP contribution is 2.27. The highest BCUT2D eigenvalue weighted by Gasteiger charge is 2.35. The Morgan fingerprint density at radius 1 is 1.24 bits per heavy atom. The molecule has 1 N–H and O–H groups in total. The van der Waals surface area contributed by atoms with Crippen molar-refractivity contribution in [1.82, 2.24) is 9.97 Å². The van der Waals surface area contributed by atoms with E-state index in [0.717, 1.165) is 5.69 Å². The van der Waals surface area contributed by atoms with Crippen molar-refractivity contribution in [2.45, 2.75) is 6.42 Å². The molecule has 1 aromatic heterocycles. The quantitative estimate of drug-likeness (QED) is 0.905. The Morgan fingerprint density at radius 3 is 2.48 bits per heavy atom. The van der Waals surface area contributed by atoms with E-state index in [1.807, 2.05) is 14.1 Å². The van der Waals surface area contributed by atoms with Crippen LogP contribution in [0.4, 0.5) is 17.3 Å². The Balaban J connectivity index is 1.65. The summed E-state index contributed by atoms with van der Waals surface area (Å²) in [5.74, 6) is -0.160. The first-order chi connectivity index (χ1) is 11.9. The van der Waals surface area contributed by atoms with Crippen LogP contribution in [0, 0.1) is 5.92 Å². The highest BCUT2D eigenvalue weighted by atomic mass is 35.5. The molecule has 1 atom stereocenters. The van der Waals surface area contributed by atoms with Gasteiger partial charge < -0.3 is 15.1 Å². The molecule has 2 heterocycles. The number of rotatable bonds is 4. The van der Waals surface area contributed by atoms with Crippen LogP contribution in [-0.2, 0) is 9.59 Å². The standard InChI is InChI=1S/C17H18ClN5O2/c1-22(2)17-19-8-13(9-20-17)21-16(25)11-7-15(24)23(10-11)14-5-3-12(18)4-6-14/h3-6,8-9,11H,7,10H2,1-2H3,(H,21,25). The van der Waals surface area contributed by atoms with Gasteiger partial charge in [-0.3, -0.25) is 9.59 Å². The third-order valence-corrected chi connectivity index (χ3v) is 4.19. The number of hydrogen-bond donors (Lipinski definition) is 1. The van der Waals surface area contributed by atoms with E-state index in [1.54, 1.807) is 46.5 Å². The molecule has 1 aliphatic rings. The summed E-state index contributed by atoms with van der Waals surface area (Å²) in [6.45, 7) is 0.336. The predicted molar refractivity (Wildman–Crippen MR) is 96.9 cm³/mol. The molecule has 2 amide bonds. The molecule has 25 heavy (non-hydrogen) atoms. The van der Waals surface area contributed by atoms with Gasteiger partial charge in [0, 0.05) is 37.8 Å². The van der Waals surface area contributed by atoms with E-state index in [9.17, 15) is 9.59 Å². The first-order valence-corrected chi connectivity index (χ1v) is 8.18. The summed E-state index contributed by atoms with van der Waals surface area (Å²) < 4.78 is 0. The molecule has 8 heteroatoms. The van der Waals surface area contributed by atoms with Crippen molar-refractivity contribution in [3.63, 3.8) is 0 Å². The SMILES string of the molecule is CN(C)c1ncc(NC(=O)C2CC(=O)N(c3ccc(Cl)cc3)C2)cn1. The number of carbonyl (C=O) groups is 2. The number of nitrogens with one attached hydrogen (secondary N) is 1. The second-order valence-corrected chi connectivity index (χ2v) is 6.47. The molecule has 130 valence electrons. The van der Waals surface area contributed by atoms with Crippen LogP contribution >= 0.6 is 11.6 Å². The summed E-state index contributed by atoms with van der Waals surface area (Å²) in [7, 11) is 3.67. The second-order valence-electron chi connectivity index (χ2n) is 6.04. The van der Waals surface area contributed by atoms with Crippen LogP contribution in [-0.4, -0.2) is 42.4 Å². The number of amides is 2. The Bertz CT molecular complexity index is 777. The van der Waals surface area contributed by atoms with E-state index < -0.39 is 5.92 Å². The highest BCUT2D eigenvalue weighted by molar-refractivity contribution is 6.30. The van der Waals surface area contributed by atoms with Crippen molar-refractivity contribution in [3.8, 4) is 0 Å². The van der Waals surface area contributed by atoms with E-state index >= 15 is 0 Å². The molecule has 1 unspecified atom stereocenters. The van der Waals surface area contributed by atoms with Gasteiger partial charge in [-0.05, 0) is 24.3 Å². The summed E-state index contributed by atoms with van der Waals surface area (Å²) in [4.78, 5) is 36.3. The summed E-state index contributed by atoms with van der Waals surface area (Å²) >= 11 is 5.87. The minimum atomic E-state index is -0.420. The topological polar surface area (TPSA) is 78.4 Å². The van der Waals surface area contributed by atoms with Gasteiger partial charge in [0.25, 0.3) is 0 Å². The normalized spacial score (nSPS) is 16.8. The van der Waals surface area contributed by atoms with Gasteiger partial charge in [0.2, 0.25) is 17.8 Å². The van der Waals surface area contributed by atoms with Crippen LogP contribution in [0.3, 0.4) is 0 Å². The van der Waals surface area contributed by atoms with Crippen molar-refractivity contribution in [3.05, 3.63) is 41.7 Å². The molecule has 1 aliphatic heterocycles. The second kappa shape index (κ2) is 7.06. The summed E-state index contributed by atoms with van der Waals surface area (Å²) in [6.07, 6.45) is 3.27. The van der Waals surface area contributed by atoms with Gasteiger partial charge in [0.15, 0.2) is 0 Å².